The lowest BCUT2D eigenvalue weighted by atomic mass is 9.85. The molecule has 206 valence electrons. The maximum atomic E-state index is 2.39. The Morgan fingerprint density at radius 2 is 1.26 bits per heavy atom. The van der Waals surface area contributed by atoms with Crippen molar-refractivity contribution in [3.05, 3.63) is 144 Å². The first kappa shape index (κ1) is 26.5. The molecule has 2 heterocycles. The number of allylic oxidation sites excluding steroid dienone is 4. The molecule has 1 aliphatic rings. The van der Waals surface area contributed by atoms with Gasteiger partial charge in [-0.2, -0.15) is 0 Å². The Kier molecular flexibility index (Phi) is 6.80. The van der Waals surface area contributed by atoms with Gasteiger partial charge in [0.1, 0.15) is 0 Å². The van der Waals surface area contributed by atoms with E-state index in [9.17, 15) is 0 Å². The molecule has 0 bridgehead atoms. The first-order chi connectivity index (χ1) is 20.5. The number of hydrogen-bond acceptors (Lipinski definition) is 1. The number of aromatic nitrogens is 1. The number of aryl methyl sites for hydroxylation is 2. The van der Waals surface area contributed by atoms with E-state index in [1.54, 1.807) is 0 Å². The Hall–Kier alpha value is -4.40. The third-order valence-corrected chi connectivity index (χ3v) is 9.75. The lowest BCUT2D eigenvalue weighted by molar-refractivity contribution is 0.743. The van der Waals surface area contributed by atoms with Crippen molar-refractivity contribution in [1.82, 2.24) is 4.57 Å². The minimum atomic E-state index is 0.670. The normalized spacial score (nSPS) is 15.1. The van der Waals surface area contributed by atoms with Gasteiger partial charge in [-0.1, -0.05) is 91.4 Å². The van der Waals surface area contributed by atoms with E-state index < -0.39 is 0 Å². The van der Waals surface area contributed by atoms with Crippen molar-refractivity contribution in [3.63, 3.8) is 0 Å². The van der Waals surface area contributed by atoms with Crippen molar-refractivity contribution in [2.75, 3.05) is 0 Å². The van der Waals surface area contributed by atoms with Crippen LogP contribution in [0, 0.1) is 19.8 Å². The van der Waals surface area contributed by atoms with Crippen molar-refractivity contribution in [2.24, 2.45) is 5.92 Å². The van der Waals surface area contributed by atoms with Crippen molar-refractivity contribution in [3.8, 4) is 5.69 Å². The second kappa shape index (κ2) is 10.8. The summed E-state index contributed by atoms with van der Waals surface area (Å²) in [4.78, 5) is 0. The van der Waals surface area contributed by atoms with Gasteiger partial charge in [0.2, 0.25) is 0 Å². The zero-order chi connectivity index (χ0) is 28.8. The van der Waals surface area contributed by atoms with Crippen LogP contribution < -0.4 is 0 Å². The van der Waals surface area contributed by atoms with Crippen LogP contribution in [0.2, 0.25) is 0 Å². The first-order valence-corrected chi connectivity index (χ1v) is 15.6. The summed E-state index contributed by atoms with van der Waals surface area (Å²) in [5, 5.41) is 5.31. The Balaban J connectivity index is 0.000000164. The highest BCUT2D eigenvalue weighted by molar-refractivity contribution is 7.25. The predicted molar refractivity (Wildman–Crippen MR) is 185 cm³/mol. The first-order valence-electron chi connectivity index (χ1n) is 14.8. The van der Waals surface area contributed by atoms with E-state index in [1.165, 1.54) is 81.9 Å². The van der Waals surface area contributed by atoms with Crippen LogP contribution in [-0.4, -0.2) is 4.57 Å². The van der Waals surface area contributed by atoms with Crippen LogP contribution in [0.1, 0.15) is 37.0 Å². The van der Waals surface area contributed by atoms with Crippen molar-refractivity contribution >= 4 is 58.9 Å². The molecule has 2 heteroatoms. The summed E-state index contributed by atoms with van der Waals surface area (Å²) in [5.74, 6) is 0.670. The fraction of sp³-hybridized carbons (Fsp3) is 0.150. The lowest BCUT2D eigenvalue weighted by Crippen LogP contribution is -2.01. The standard InChI is InChI=1S/C25H17NS.C15H18/c1-16-10-12-24-20(14-16)21-15-17(11-13-25(21)27-24)26-22-8-4-2-6-18(22)19-7-3-5-9-23(19)26;1-11-8-9-13(3)15(10-11)14-7-5-4-6-12(14)2/h2-15H,1H3;4-9,11H,10H2,1-3H3. The Morgan fingerprint density at radius 1 is 0.643 bits per heavy atom. The molecule has 0 aliphatic heterocycles. The summed E-state index contributed by atoms with van der Waals surface area (Å²) in [6, 6.07) is 39.7. The molecule has 0 spiro atoms. The van der Waals surface area contributed by atoms with Crippen LogP contribution in [-0.2, 0) is 0 Å². The minimum Gasteiger partial charge on any atom is -0.309 e. The highest BCUT2D eigenvalue weighted by Crippen LogP contribution is 2.38. The van der Waals surface area contributed by atoms with Crippen molar-refractivity contribution in [1.29, 1.82) is 0 Å². The van der Waals surface area contributed by atoms with Gasteiger partial charge in [-0.3, -0.25) is 0 Å². The molecule has 1 aliphatic carbocycles. The number of thiophene rings is 1. The molecule has 0 amide bonds. The fourth-order valence-corrected chi connectivity index (χ4v) is 7.48. The van der Waals surface area contributed by atoms with E-state index in [-0.39, 0.29) is 0 Å². The summed E-state index contributed by atoms with van der Waals surface area (Å²) >= 11 is 1.87. The van der Waals surface area contributed by atoms with Crippen LogP contribution in [0.15, 0.2) is 127 Å². The third kappa shape index (κ3) is 4.66. The van der Waals surface area contributed by atoms with Gasteiger partial charge < -0.3 is 4.57 Å². The number of nitrogens with zero attached hydrogens (tertiary/aromatic N) is 1. The van der Waals surface area contributed by atoms with E-state index in [0.29, 0.717) is 5.92 Å². The fourth-order valence-electron chi connectivity index (χ4n) is 6.41. The average molecular weight is 562 g/mol. The molecule has 1 nitrogen and oxygen atoms in total. The third-order valence-electron chi connectivity index (χ3n) is 8.59. The van der Waals surface area contributed by atoms with Crippen LogP contribution in [0.5, 0.6) is 0 Å². The molecule has 1 atom stereocenters. The maximum absolute atomic E-state index is 2.39. The van der Waals surface area contributed by atoms with Gasteiger partial charge in [-0.15, -0.1) is 11.3 Å². The summed E-state index contributed by atoms with van der Waals surface area (Å²) in [5.41, 5.74) is 10.8. The van der Waals surface area contributed by atoms with E-state index in [0.717, 1.165) is 0 Å². The van der Waals surface area contributed by atoms with Crippen LogP contribution in [0.25, 0.3) is 53.2 Å². The summed E-state index contributed by atoms with van der Waals surface area (Å²) in [6.45, 7) is 8.85. The second-order valence-electron chi connectivity index (χ2n) is 11.7. The van der Waals surface area contributed by atoms with Gasteiger partial charge in [0.25, 0.3) is 0 Å². The lowest BCUT2D eigenvalue weighted by Gasteiger charge is -2.19. The predicted octanol–water partition coefficient (Wildman–Crippen LogP) is 11.8. The number of para-hydroxylation sites is 2. The van der Waals surface area contributed by atoms with E-state index in [1.807, 2.05) is 11.3 Å². The summed E-state index contributed by atoms with van der Waals surface area (Å²) in [7, 11) is 0. The van der Waals surface area contributed by atoms with Gasteiger partial charge in [0, 0.05) is 36.6 Å². The maximum Gasteiger partial charge on any atom is 0.0541 e. The topological polar surface area (TPSA) is 4.93 Å². The van der Waals surface area contributed by atoms with Crippen LogP contribution in [0.4, 0.5) is 0 Å². The quantitative estimate of drug-likeness (QED) is 0.198. The Morgan fingerprint density at radius 3 is 1.98 bits per heavy atom. The number of hydrogen-bond donors (Lipinski definition) is 0. The molecule has 0 fully saturated rings. The van der Waals surface area contributed by atoms with Crippen molar-refractivity contribution in [2.45, 2.75) is 34.1 Å². The monoisotopic (exact) mass is 561 g/mol. The number of benzene rings is 5. The molecule has 42 heavy (non-hydrogen) atoms. The molecule has 0 N–H and O–H groups in total. The molecule has 5 aromatic carbocycles. The van der Waals surface area contributed by atoms with Gasteiger partial charge in [0.05, 0.1) is 11.0 Å². The molecule has 2 aromatic heterocycles. The summed E-state index contributed by atoms with van der Waals surface area (Å²) in [6.07, 6.45) is 5.74. The molecule has 7 aromatic rings. The average Bonchev–Trinajstić information content (AvgIpc) is 3.54. The summed E-state index contributed by atoms with van der Waals surface area (Å²) < 4.78 is 5.10. The van der Waals surface area contributed by atoms with Crippen LogP contribution in [0.3, 0.4) is 0 Å². The highest BCUT2D eigenvalue weighted by atomic mass is 32.1. The molecular weight excluding hydrogens is 527 g/mol. The van der Waals surface area contributed by atoms with Crippen LogP contribution >= 0.6 is 11.3 Å². The van der Waals surface area contributed by atoms with E-state index >= 15 is 0 Å². The molecule has 0 saturated heterocycles. The van der Waals surface area contributed by atoms with Crippen molar-refractivity contribution < 1.29 is 0 Å². The zero-order valence-corrected chi connectivity index (χ0v) is 25.5. The number of fused-ring (bicyclic) bond motifs is 6. The molecule has 8 rings (SSSR count). The smallest absolute Gasteiger partial charge is 0.0541 e. The van der Waals surface area contributed by atoms with E-state index in [2.05, 4.69) is 154 Å². The largest absolute Gasteiger partial charge is 0.309 e. The molecule has 0 radical (unpaired) electrons. The molecule has 1 unspecified atom stereocenters. The molecular formula is C40H35NS. The highest BCUT2D eigenvalue weighted by Gasteiger charge is 2.14. The zero-order valence-electron chi connectivity index (χ0n) is 24.7. The SMILES string of the molecule is CC1=C(c2ccccc2C)CC(C)C=C1.Cc1ccc2sc3ccc(-n4c5ccccc5c5ccccc54)cc3c2c1. The Labute approximate surface area is 252 Å². The van der Waals surface area contributed by atoms with Gasteiger partial charge in [-0.25, -0.2) is 0 Å². The van der Waals surface area contributed by atoms with Gasteiger partial charge >= 0.3 is 0 Å². The number of rotatable bonds is 2. The minimum absolute atomic E-state index is 0.670. The van der Waals surface area contributed by atoms with Gasteiger partial charge in [-0.05, 0) is 97.8 Å². The van der Waals surface area contributed by atoms with E-state index in [4.69, 9.17) is 0 Å². The second-order valence-corrected chi connectivity index (χ2v) is 12.8. The molecule has 0 saturated carbocycles. The van der Waals surface area contributed by atoms with Gasteiger partial charge in [0.15, 0.2) is 0 Å². The Bertz CT molecular complexity index is 2110.